The van der Waals surface area contributed by atoms with E-state index in [0.717, 1.165) is 4.90 Å². The lowest BCUT2D eigenvalue weighted by atomic mass is 9.43. The Hall–Kier alpha value is -2.94. The Balaban J connectivity index is 1.22. The summed E-state index contributed by atoms with van der Waals surface area (Å²) in [7, 11) is 6.33. The zero-order chi connectivity index (χ0) is 34.1. The standard InChI is InChI=1S/C35H44N2O11/c1-16-12-23(38)37(28(16)39)20-9-7-6-8-17(20)29(40)48-15-32-11-10-22(45-3)34-19-13-18-21(44-2)14-33(42,24(19)25(18)46-4)35(43,27(47-5)26(32)34)30(34)36-31(32)41/h6-9,16,18-19,21-22,24-27,30,42-43H,10-15H2,1-5H3,(H,36,41)/t16-,18+,19+,21-,22-,24+,25-,26+,27-,30-,32-,33+,34-,35+/m0/s1. The van der Waals surface area contributed by atoms with Crippen LogP contribution < -0.4 is 10.2 Å². The van der Waals surface area contributed by atoms with Gasteiger partial charge >= 0.3 is 5.97 Å². The van der Waals surface area contributed by atoms with E-state index in [1.165, 1.54) is 19.2 Å². The highest BCUT2D eigenvalue weighted by Crippen LogP contribution is 2.79. The maximum absolute atomic E-state index is 14.5. The van der Waals surface area contributed by atoms with Gasteiger partial charge in [0.15, 0.2) is 0 Å². The van der Waals surface area contributed by atoms with Crippen LogP contribution in [0.15, 0.2) is 24.3 Å². The molecule has 3 N–H and O–H groups in total. The van der Waals surface area contributed by atoms with Crippen molar-refractivity contribution in [2.24, 2.45) is 40.4 Å². The number of fused-ring (bicyclic) bond motifs is 2. The Morgan fingerprint density at radius 2 is 1.79 bits per heavy atom. The quantitative estimate of drug-likeness (QED) is 0.265. The van der Waals surface area contributed by atoms with E-state index in [0.29, 0.717) is 12.8 Å². The number of amides is 3. The van der Waals surface area contributed by atoms with E-state index in [-0.39, 0.29) is 61.0 Å². The van der Waals surface area contributed by atoms with E-state index in [4.69, 9.17) is 23.7 Å². The third kappa shape index (κ3) is 3.47. The van der Waals surface area contributed by atoms with Gasteiger partial charge in [0, 0.05) is 70.4 Å². The highest BCUT2D eigenvalue weighted by molar-refractivity contribution is 6.22. The number of hydrogen-bond donors (Lipinski definition) is 3. The number of methoxy groups -OCH3 is 4. The summed E-state index contributed by atoms with van der Waals surface area (Å²) in [6, 6.07) is 5.38. The van der Waals surface area contributed by atoms with E-state index in [1.54, 1.807) is 40.4 Å². The Morgan fingerprint density at radius 3 is 2.44 bits per heavy atom. The normalized spacial score (nSPS) is 48.1. The first kappa shape index (κ1) is 32.3. The predicted molar refractivity (Wildman–Crippen MR) is 165 cm³/mol. The van der Waals surface area contributed by atoms with Crippen molar-refractivity contribution < 1.29 is 53.1 Å². The topological polar surface area (TPSA) is 170 Å². The summed E-state index contributed by atoms with van der Waals surface area (Å²) < 4.78 is 30.5. The van der Waals surface area contributed by atoms with Crippen LogP contribution in [0.4, 0.5) is 5.69 Å². The molecule has 2 aliphatic heterocycles. The van der Waals surface area contributed by atoms with Gasteiger partial charge < -0.3 is 39.2 Å². The number of aliphatic hydroxyl groups is 2. The Bertz CT molecular complexity index is 1590. The molecule has 0 unspecified atom stereocenters. The van der Waals surface area contributed by atoms with Crippen molar-refractivity contribution in [3.8, 4) is 0 Å². The maximum atomic E-state index is 14.5. The van der Waals surface area contributed by atoms with Gasteiger partial charge in [0.2, 0.25) is 17.7 Å². The Morgan fingerprint density at radius 1 is 1.04 bits per heavy atom. The van der Waals surface area contributed by atoms with Crippen LogP contribution in [-0.2, 0) is 38.1 Å². The van der Waals surface area contributed by atoms with E-state index in [2.05, 4.69) is 5.32 Å². The zero-order valence-electron chi connectivity index (χ0n) is 27.8. The number of imide groups is 1. The lowest BCUT2D eigenvalue weighted by molar-refractivity contribution is -0.299. The third-order valence-electron chi connectivity index (χ3n) is 13.9. The number of nitrogens with one attached hydrogen (secondary N) is 1. The van der Waals surface area contributed by atoms with Crippen LogP contribution in [0.3, 0.4) is 0 Å². The maximum Gasteiger partial charge on any atom is 0.340 e. The summed E-state index contributed by atoms with van der Waals surface area (Å²) in [6.07, 6.45) is -0.706. The van der Waals surface area contributed by atoms with E-state index < -0.39 is 81.9 Å². The van der Waals surface area contributed by atoms with Crippen molar-refractivity contribution >= 4 is 29.4 Å². The van der Waals surface area contributed by atoms with Gasteiger partial charge in [-0.2, -0.15) is 0 Å². The molecule has 2 saturated heterocycles. The van der Waals surface area contributed by atoms with Crippen LogP contribution in [0.2, 0.25) is 0 Å². The smallest absolute Gasteiger partial charge is 0.340 e. The summed E-state index contributed by atoms with van der Waals surface area (Å²) in [5.41, 5.74) is -5.75. The van der Waals surface area contributed by atoms with Crippen molar-refractivity contribution in [3.05, 3.63) is 29.8 Å². The number of anilines is 1. The molecule has 3 amide bonds. The minimum Gasteiger partial charge on any atom is -0.461 e. The van der Waals surface area contributed by atoms with Crippen LogP contribution in [-0.4, -0.2) is 111 Å². The van der Waals surface area contributed by atoms with Gasteiger partial charge in [0.05, 0.1) is 47.1 Å². The number of hydrogen-bond acceptors (Lipinski definition) is 11. The lowest BCUT2D eigenvalue weighted by Gasteiger charge is -2.67. The minimum atomic E-state index is -1.95. The zero-order valence-corrected chi connectivity index (χ0v) is 27.8. The second kappa shape index (κ2) is 10.5. The summed E-state index contributed by atoms with van der Waals surface area (Å²) in [6.45, 7) is 1.32. The number of benzene rings is 1. The number of ether oxygens (including phenoxy) is 5. The Kier molecular flexibility index (Phi) is 7.08. The SMILES string of the molecule is CO[C@H]1[C@@H]2C[C@@H]3[C@H]1[C@](O)(C[C@@H]2OC)[C@@]1(O)[C@@H](OC)[C@@H]2[C@@]4(COC(=O)c5ccccc5N5C(=O)C[C@H](C)C5=O)CC[C@H](OC)[C@@]32[C@@H]1NC4=O. The molecule has 7 bridgehead atoms. The van der Waals surface area contributed by atoms with Crippen molar-refractivity contribution in [2.45, 2.75) is 80.7 Å². The summed E-state index contributed by atoms with van der Waals surface area (Å²) in [5, 5.41) is 29.1. The average molecular weight is 669 g/mol. The molecular weight excluding hydrogens is 624 g/mol. The number of rotatable bonds is 8. The first-order chi connectivity index (χ1) is 22.9. The molecule has 7 aliphatic rings. The van der Waals surface area contributed by atoms with Gasteiger partial charge in [-0.25, -0.2) is 9.69 Å². The highest BCUT2D eigenvalue weighted by atomic mass is 16.5. The van der Waals surface area contributed by atoms with Crippen molar-refractivity contribution in [3.63, 3.8) is 0 Å². The number of para-hydroxylation sites is 1. The van der Waals surface area contributed by atoms with Crippen LogP contribution in [0, 0.1) is 40.4 Å². The van der Waals surface area contributed by atoms with Gasteiger partial charge in [0.25, 0.3) is 0 Å². The first-order valence-electron chi connectivity index (χ1n) is 16.9. The van der Waals surface area contributed by atoms with Crippen LogP contribution in [0.25, 0.3) is 0 Å². The van der Waals surface area contributed by atoms with Gasteiger partial charge in [-0.15, -0.1) is 0 Å². The molecule has 14 atom stereocenters. The molecule has 1 spiro atoms. The molecule has 8 rings (SSSR count). The summed E-state index contributed by atoms with van der Waals surface area (Å²) in [5.74, 6) is -3.95. The Labute approximate surface area is 278 Å². The van der Waals surface area contributed by atoms with Crippen molar-refractivity contribution in [1.82, 2.24) is 5.32 Å². The van der Waals surface area contributed by atoms with E-state index >= 15 is 0 Å². The molecule has 5 saturated carbocycles. The number of carbonyl (C=O) groups is 4. The van der Waals surface area contributed by atoms with Crippen LogP contribution in [0.1, 0.15) is 49.4 Å². The van der Waals surface area contributed by atoms with Crippen molar-refractivity contribution in [1.29, 1.82) is 0 Å². The molecule has 48 heavy (non-hydrogen) atoms. The molecule has 7 fully saturated rings. The van der Waals surface area contributed by atoms with Gasteiger partial charge in [-0.05, 0) is 37.3 Å². The first-order valence-corrected chi connectivity index (χ1v) is 16.9. The predicted octanol–water partition coefficient (Wildman–Crippen LogP) is 0.829. The second-order valence-corrected chi connectivity index (χ2v) is 15.2. The van der Waals surface area contributed by atoms with Gasteiger partial charge in [-0.3, -0.25) is 14.4 Å². The molecule has 1 aromatic carbocycles. The number of carbonyl (C=O) groups excluding carboxylic acids is 4. The molecular formula is C35H44N2O11. The van der Waals surface area contributed by atoms with Gasteiger partial charge in [-0.1, -0.05) is 19.1 Å². The number of esters is 1. The van der Waals surface area contributed by atoms with E-state index in [9.17, 15) is 29.4 Å². The fraction of sp³-hybridized carbons (Fsp3) is 0.714. The number of piperidine rings is 1. The minimum absolute atomic E-state index is 0.0298. The average Bonchev–Trinajstić information content (AvgIpc) is 3.60. The van der Waals surface area contributed by atoms with Gasteiger partial charge in [0.1, 0.15) is 17.8 Å². The fourth-order valence-corrected chi connectivity index (χ4v) is 12.3. The highest BCUT2D eigenvalue weighted by Gasteiger charge is 2.92. The second-order valence-electron chi connectivity index (χ2n) is 15.2. The summed E-state index contributed by atoms with van der Waals surface area (Å²) >= 11 is 0. The van der Waals surface area contributed by atoms with Crippen molar-refractivity contribution in [2.75, 3.05) is 39.9 Å². The van der Waals surface area contributed by atoms with E-state index in [1.807, 2.05) is 0 Å². The molecule has 13 nitrogen and oxygen atoms in total. The molecule has 2 heterocycles. The monoisotopic (exact) mass is 668 g/mol. The number of nitrogens with zero attached hydrogens (tertiary/aromatic N) is 1. The van der Waals surface area contributed by atoms with Crippen LogP contribution >= 0.6 is 0 Å². The molecule has 13 heteroatoms. The molecule has 5 aliphatic carbocycles. The molecule has 0 aromatic heterocycles. The summed E-state index contributed by atoms with van der Waals surface area (Å²) in [4.78, 5) is 55.1. The fourth-order valence-electron chi connectivity index (χ4n) is 12.3. The van der Waals surface area contributed by atoms with Crippen LogP contribution in [0.5, 0.6) is 0 Å². The molecule has 0 radical (unpaired) electrons. The molecule has 1 aromatic rings. The third-order valence-corrected chi connectivity index (χ3v) is 13.9. The molecule has 260 valence electrons. The lowest BCUT2D eigenvalue weighted by Crippen LogP contribution is -2.82. The largest absolute Gasteiger partial charge is 0.461 e.